The summed E-state index contributed by atoms with van der Waals surface area (Å²) in [4.78, 5) is 12.3. The third-order valence-electron chi connectivity index (χ3n) is 5.18. The number of fused-ring (bicyclic) bond motifs is 1. The number of nitrogens with zero attached hydrogens (tertiary/aromatic N) is 4. The van der Waals surface area contributed by atoms with Gasteiger partial charge in [0.2, 0.25) is 0 Å². The van der Waals surface area contributed by atoms with Crippen molar-refractivity contribution >= 4 is 17.0 Å². The molecule has 3 aromatic rings. The van der Waals surface area contributed by atoms with Gasteiger partial charge < -0.3 is 25.4 Å². The molecule has 0 amide bonds. The molecule has 1 aliphatic heterocycles. The van der Waals surface area contributed by atoms with Crippen molar-refractivity contribution < 1.29 is 19.7 Å². The summed E-state index contributed by atoms with van der Waals surface area (Å²) in [6.45, 7) is 2.25. The van der Waals surface area contributed by atoms with E-state index in [1.807, 2.05) is 30.3 Å². The Morgan fingerprint density at radius 1 is 1.17 bits per heavy atom. The number of aliphatic hydroxyl groups is 2. The summed E-state index contributed by atoms with van der Waals surface area (Å²) in [5.74, 6) is 0.243. The number of imidazole rings is 1. The quantitative estimate of drug-likeness (QED) is 0.546. The molecule has 4 N–H and O–H groups in total. The van der Waals surface area contributed by atoms with Gasteiger partial charge in [-0.1, -0.05) is 43.7 Å². The summed E-state index contributed by atoms with van der Waals surface area (Å²) in [5, 5.41) is 21.1. The van der Waals surface area contributed by atoms with E-state index in [4.69, 9.17) is 15.2 Å². The predicted octanol–water partition coefficient (Wildman–Crippen LogP) is 1.59. The molecule has 0 aliphatic carbocycles. The Bertz CT molecular complexity index is 950. The number of aromatic nitrogens is 4. The smallest absolute Gasteiger partial charge is 0.167 e. The van der Waals surface area contributed by atoms with Crippen molar-refractivity contribution in [3.8, 4) is 0 Å². The molecule has 2 aromatic heterocycles. The largest absolute Gasteiger partial charge is 0.387 e. The van der Waals surface area contributed by atoms with Gasteiger partial charge in [-0.05, 0) is 12.0 Å². The first-order valence-corrected chi connectivity index (χ1v) is 9.71. The van der Waals surface area contributed by atoms with Crippen LogP contribution in [0.4, 0.5) is 5.82 Å². The Hall–Kier alpha value is -2.59. The number of hydrogen-bond acceptors (Lipinski definition) is 8. The van der Waals surface area contributed by atoms with Crippen molar-refractivity contribution in [1.29, 1.82) is 0 Å². The molecule has 154 valence electrons. The number of aliphatic hydroxyl groups excluding tert-OH is 2. The molecule has 9 nitrogen and oxygen atoms in total. The lowest BCUT2D eigenvalue weighted by molar-refractivity contribution is -0.0831. The van der Waals surface area contributed by atoms with Crippen LogP contribution >= 0.6 is 0 Å². The lowest BCUT2D eigenvalue weighted by Gasteiger charge is -2.21. The van der Waals surface area contributed by atoms with Gasteiger partial charge in [0, 0.05) is 0 Å². The molecule has 5 atom stereocenters. The second-order valence-corrected chi connectivity index (χ2v) is 7.15. The molecule has 3 heterocycles. The van der Waals surface area contributed by atoms with E-state index < -0.39 is 24.5 Å². The van der Waals surface area contributed by atoms with Gasteiger partial charge in [-0.25, -0.2) is 15.0 Å². The minimum absolute atomic E-state index is 0.102. The van der Waals surface area contributed by atoms with Crippen LogP contribution in [0.5, 0.6) is 0 Å². The SMILES string of the molecule is CCC[C@@H](OC[C@H]1O[C@@H](n2cnc3c(N)ncnc32)[C@H](O)[C@@H]1O)c1ccccc1. The Kier molecular flexibility index (Phi) is 5.72. The van der Waals surface area contributed by atoms with Crippen LogP contribution in [0.1, 0.15) is 37.7 Å². The van der Waals surface area contributed by atoms with E-state index in [0.29, 0.717) is 11.2 Å². The molecule has 0 radical (unpaired) electrons. The fourth-order valence-corrected chi connectivity index (χ4v) is 3.64. The van der Waals surface area contributed by atoms with Crippen LogP contribution in [0.3, 0.4) is 0 Å². The number of nitrogens with two attached hydrogens (primary N) is 1. The number of ether oxygens (including phenoxy) is 2. The Morgan fingerprint density at radius 2 is 1.97 bits per heavy atom. The van der Waals surface area contributed by atoms with Crippen molar-refractivity contribution in [3.05, 3.63) is 48.5 Å². The van der Waals surface area contributed by atoms with E-state index >= 15 is 0 Å². The van der Waals surface area contributed by atoms with Crippen LogP contribution in [0, 0.1) is 0 Å². The predicted molar refractivity (Wildman–Crippen MR) is 106 cm³/mol. The van der Waals surface area contributed by atoms with E-state index in [0.717, 1.165) is 18.4 Å². The summed E-state index contributed by atoms with van der Waals surface area (Å²) in [6.07, 6.45) is 0.714. The van der Waals surface area contributed by atoms with E-state index in [9.17, 15) is 10.2 Å². The van der Waals surface area contributed by atoms with Gasteiger partial charge in [-0.2, -0.15) is 0 Å². The molecule has 4 rings (SSSR count). The number of anilines is 1. The first-order chi connectivity index (χ1) is 14.1. The molecular formula is C20H25N5O4. The van der Waals surface area contributed by atoms with Gasteiger partial charge in [0.25, 0.3) is 0 Å². The maximum atomic E-state index is 10.6. The number of rotatable bonds is 7. The van der Waals surface area contributed by atoms with Crippen molar-refractivity contribution in [2.45, 2.75) is 50.4 Å². The average Bonchev–Trinajstić information content (AvgIpc) is 3.29. The zero-order valence-corrected chi connectivity index (χ0v) is 16.1. The first kappa shape index (κ1) is 19.7. The molecule has 1 aromatic carbocycles. The third-order valence-corrected chi connectivity index (χ3v) is 5.18. The van der Waals surface area contributed by atoms with Crippen LogP contribution in [0.25, 0.3) is 11.2 Å². The molecule has 1 fully saturated rings. The minimum Gasteiger partial charge on any atom is -0.387 e. The van der Waals surface area contributed by atoms with Crippen LogP contribution < -0.4 is 5.73 Å². The fourth-order valence-electron chi connectivity index (χ4n) is 3.64. The topological polar surface area (TPSA) is 129 Å². The summed E-state index contributed by atoms with van der Waals surface area (Å²) in [7, 11) is 0. The highest BCUT2D eigenvalue weighted by Gasteiger charge is 2.44. The van der Waals surface area contributed by atoms with Crippen molar-refractivity contribution in [3.63, 3.8) is 0 Å². The standard InChI is InChI=1S/C20H25N5O4/c1-2-6-13(12-7-4-3-5-8-12)28-9-14-16(26)17(27)20(29-14)25-11-24-15-18(21)22-10-23-19(15)25/h3-5,7-8,10-11,13-14,16-17,20,26-27H,2,6,9H2,1H3,(H2,21,22,23)/t13-,14-,16-,17-,20-/m1/s1. The first-order valence-electron chi connectivity index (χ1n) is 9.71. The highest BCUT2D eigenvalue weighted by molar-refractivity contribution is 5.81. The normalized spacial score (nSPS) is 25.5. The Morgan fingerprint density at radius 3 is 2.72 bits per heavy atom. The van der Waals surface area contributed by atoms with Crippen molar-refractivity contribution in [2.75, 3.05) is 12.3 Å². The van der Waals surface area contributed by atoms with Crippen LogP contribution in [0.2, 0.25) is 0 Å². The summed E-state index contributed by atoms with van der Waals surface area (Å²) in [6, 6.07) is 9.94. The second kappa shape index (κ2) is 8.42. The third kappa shape index (κ3) is 3.82. The number of nitrogen functional groups attached to an aromatic ring is 1. The average molecular weight is 399 g/mol. The van der Waals surface area contributed by atoms with E-state index in [1.54, 1.807) is 4.57 Å². The fraction of sp³-hybridized carbons (Fsp3) is 0.450. The zero-order chi connectivity index (χ0) is 20.4. The summed E-state index contributed by atoms with van der Waals surface area (Å²) < 4.78 is 13.6. The van der Waals surface area contributed by atoms with Crippen molar-refractivity contribution in [1.82, 2.24) is 19.5 Å². The molecule has 0 spiro atoms. The molecule has 0 bridgehead atoms. The van der Waals surface area contributed by atoms with Gasteiger partial charge in [0.05, 0.1) is 19.0 Å². The highest BCUT2D eigenvalue weighted by Crippen LogP contribution is 2.33. The number of hydrogen-bond donors (Lipinski definition) is 3. The maximum Gasteiger partial charge on any atom is 0.167 e. The number of benzene rings is 1. The maximum absolute atomic E-state index is 10.6. The van der Waals surface area contributed by atoms with Gasteiger partial charge in [-0.15, -0.1) is 0 Å². The second-order valence-electron chi connectivity index (χ2n) is 7.15. The monoisotopic (exact) mass is 399 g/mol. The lowest BCUT2D eigenvalue weighted by atomic mass is 10.1. The van der Waals surface area contributed by atoms with E-state index in [1.165, 1.54) is 12.7 Å². The molecular weight excluding hydrogens is 374 g/mol. The molecule has 0 unspecified atom stereocenters. The summed E-state index contributed by atoms with van der Waals surface area (Å²) >= 11 is 0. The van der Waals surface area contributed by atoms with Gasteiger partial charge >= 0.3 is 0 Å². The minimum atomic E-state index is -1.15. The van der Waals surface area contributed by atoms with Gasteiger partial charge in [0.15, 0.2) is 17.7 Å². The lowest BCUT2D eigenvalue weighted by Crippen LogP contribution is -2.34. The molecule has 1 saturated heterocycles. The van der Waals surface area contributed by atoms with Crippen LogP contribution in [-0.4, -0.2) is 54.7 Å². The highest BCUT2D eigenvalue weighted by atomic mass is 16.6. The van der Waals surface area contributed by atoms with Gasteiger partial charge in [0.1, 0.15) is 30.2 Å². The van der Waals surface area contributed by atoms with E-state index in [-0.39, 0.29) is 18.5 Å². The van der Waals surface area contributed by atoms with Crippen molar-refractivity contribution in [2.24, 2.45) is 0 Å². The zero-order valence-electron chi connectivity index (χ0n) is 16.1. The molecule has 0 saturated carbocycles. The Balaban J connectivity index is 1.49. The molecule has 9 heteroatoms. The van der Waals surface area contributed by atoms with Crippen LogP contribution in [-0.2, 0) is 9.47 Å². The molecule has 1 aliphatic rings. The van der Waals surface area contributed by atoms with Gasteiger partial charge in [-0.3, -0.25) is 4.57 Å². The Labute approximate surface area is 168 Å². The molecule has 29 heavy (non-hydrogen) atoms. The van der Waals surface area contributed by atoms with Crippen LogP contribution in [0.15, 0.2) is 43.0 Å². The van der Waals surface area contributed by atoms with E-state index in [2.05, 4.69) is 21.9 Å². The summed E-state index contributed by atoms with van der Waals surface area (Å²) in [5.41, 5.74) is 7.75.